The number of benzene rings is 2. The lowest BCUT2D eigenvalue weighted by molar-refractivity contribution is 0.600. The van der Waals surface area contributed by atoms with Gasteiger partial charge < -0.3 is 0 Å². The molecule has 0 saturated heterocycles. The van der Waals surface area contributed by atoms with Crippen LogP contribution in [-0.4, -0.2) is 23.2 Å². The zero-order valence-electron chi connectivity index (χ0n) is 14.9. The predicted octanol–water partition coefficient (Wildman–Crippen LogP) is 3.96. The van der Waals surface area contributed by atoms with E-state index in [9.17, 15) is 8.42 Å². The van der Waals surface area contributed by atoms with E-state index in [-0.39, 0.29) is 4.90 Å². The monoisotopic (exact) mass is 398 g/mol. The highest BCUT2D eigenvalue weighted by Crippen LogP contribution is 2.29. The second-order valence-corrected chi connectivity index (χ2v) is 8.99. The highest BCUT2D eigenvalue weighted by Gasteiger charge is 2.22. The van der Waals surface area contributed by atoms with Gasteiger partial charge >= 0.3 is 0 Å². The first kappa shape index (κ1) is 17.7. The number of fused-ring (bicyclic) bond motifs is 1. The fourth-order valence-corrected chi connectivity index (χ4v) is 5.28. The largest absolute Gasteiger partial charge is 0.267 e. The van der Waals surface area contributed by atoms with Crippen molar-refractivity contribution in [1.29, 1.82) is 0 Å². The van der Waals surface area contributed by atoms with Gasteiger partial charge in [0.1, 0.15) is 4.90 Å². The zero-order chi connectivity index (χ0) is 19.0. The molecule has 0 aliphatic heterocycles. The van der Waals surface area contributed by atoms with Crippen LogP contribution < -0.4 is 4.72 Å². The van der Waals surface area contributed by atoms with Gasteiger partial charge in [0.2, 0.25) is 0 Å². The summed E-state index contributed by atoms with van der Waals surface area (Å²) in [6.45, 7) is 4.16. The van der Waals surface area contributed by atoms with Crippen molar-refractivity contribution < 1.29 is 8.42 Å². The van der Waals surface area contributed by atoms with Gasteiger partial charge in [-0.15, -0.1) is 0 Å². The summed E-state index contributed by atoms with van der Waals surface area (Å²) in [6.07, 6.45) is 1.56. The van der Waals surface area contributed by atoms with Crippen LogP contribution in [0, 0.1) is 13.8 Å². The molecule has 0 aliphatic rings. The van der Waals surface area contributed by atoms with E-state index in [2.05, 4.69) is 14.8 Å². The number of aryl methyl sites for hydroxylation is 2. The number of anilines is 1. The summed E-state index contributed by atoms with van der Waals surface area (Å²) in [7, 11) is -3.76. The molecule has 27 heavy (non-hydrogen) atoms. The summed E-state index contributed by atoms with van der Waals surface area (Å²) in [6, 6.07) is 15.6. The van der Waals surface area contributed by atoms with Crippen molar-refractivity contribution in [2.75, 3.05) is 4.72 Å². The third kappa shape index (κ3) is 3.58. The molecule has 0 saturated carbocycles. The first-order chi connectivity index (χ1) is 12.9. The first-order valence-electron chi connectivity index (χ1n) is 8.39. The van der Waals surface area contributed by atoms with E-state index >= 15 is 0 Å². The van der Waals surface area contributed by atoms with Crippen LogP contribution in [0.3, 0.4) is 0 Å². The lowest BCUT2D eigenvalue weighted by Crippen LogP contribution is -2.13. The molecule has 0 amide bonds. The average Bonchev–Trinajstić information content (AvgIpc) is 3.19. The van der Waals surface area contributed by atoms with E-state index in [4.69, 9.17) is 0 Å². The molecular weight excluding hydrogens is 380 g/mol. The standard InChI is InChI=1S/C19H18N4O2S2/c1-13-7-6-10-16-18(13)20-19(26-16)22-27(24,25)17-12-23(21-14(17)2)11-15-8-4-3-5-9-15/h3-10,12H,11H2,1-2H3,(H,20,22). The summed E-state index contributed by atoms with van der Waals surface area (Å²) in [4.78, 5) is 4.59. The molecule has 0 spiro atoms. The Labute approximate surface area is 161 Å². The molecule has 1 N–H and O–H groups in total. The van der Waals surface area contributed by atoms with Crippen molar-refractivity contribution in [3.05, 3.63) is 71.5 Å². The Morgan fingerprint density at radius 2 is 1.85 bits per heavy atom. The minimum atomic E-state index is -3.76. The molecular formula is C19H18N4O2S2. The van der Waals surface area contributed by atoms with E-state index in [0.717, 1.165) is 21.3 Å². The normalized spacial score (nSPS) is 11.8. The predicted molar refractivity (Wildman–Crippen MR) is 108 cm³/mol. The fourth-order valence-electron chi connectivity index (χ4n) is 2.91. The molecule has 0 bridgehead atoms. The van der Waals surface area contributed by atoms with Crippen LogP contribution in [0.1, 0.15) is 16.8 Å². The van der Waals surface area contributed by atoms with Gasteiger partial charge in [0.05, 0.1) is 22.5 Å². The van der Waals surface area contributed by atoms with Crippen molar-refractivity contribution in [3.8, 4) is 0 Å². The molecule has 4 aromatic rings. The summed E-state index contributed by atoms with van der Waals surface area (Å²) in [5.74, 6) is 0. The molecule has 2 aromatic heterocycles. The van der Waals surface area contributed by atoms with E-state index in [1.54, 1.807) is 17.8 Å². The van der Waals surface area contributed by atoms with Gasteiger partial charge in [-0.1, -0.05) is 53.8 Å². The van der Waals surface area contributed by atoms with Crippen molar-refractivity contribution >= 4 is 36.7 Å². The lowest BCUT2D eigenvalue weighted by Gasteiger charge is -2.03. The maximum Gasteiger partial charge on any atom is 0.267 e. The summed E-state index contributed by atoms with van der Waals surface area (Å²) in [5.41, 5.74) is 3.34. The van der Waals surface area contributed by atoms with Crippen LogP contribution in [0.2, 0.25) is 0 Å². The second kappa shape index (κ2) is 6.79. The highest BCUT2D eigenvalue weighted by molar-refractivity contribution is 7.93. The van der Waals surface area contributed by atoms with Gasteiger partial charge in [-0.3, -0.25) is 9.40 Å². The maximum absolute atomic E-state index is 12.9. The van der Waals surface area contributed by atoms with Gasteiger partial charge in [0.15, 0.2) is 5.13 Å². The van der Waals surface area contributed by atoms with E-state index < -0.39 is 10.0 Å². The van der Waals surface area contributed by atoms with Crippen LogP contribution in [-0.2, 0) is 16.6 Å². The summed E-state index contributed by atoms with van der Waals surface area (Å²) >= 11 is 1.32. The smallest absolute Gasteiger partial charge is 0.267 e. The Bertz CT molecular complexity index is 1210. The van der Waals surface area contributed by atoms with Gasteiger partial charge in [-0.05, 0) is 31.0 Å². The molecule has 0 radical (unpaired) electrons. The van der Waals surface area contributed by atoms with E-state index in [1.165, 1.54) is 11.3 Å². The van der Waals surface area contributed by atoms with Crippen LogP contribution >= 0.6 is 11.3 Å². The number of hydrogen-bond donors (Lipinski definition) is 1. The number of sulfonamides is 1. The summed E-state index contributed by atoms with van der Waals surface area (Å²) in [5, 5.41) is 4.71. The molecule has 0 unspecified atom stereocenters. The molecule has 8 heteroatoms. The quantitative estimate of drug-likeness (QED) is 0.552. The number of hydrogen-bond acceptors (Lipinski definition) is 5. The van der Waals surface area contributed by atoms with E-state index in [1.807, 2.05) is 55.5 Å². The minimum absolute atomic E-state index is 0.161. The van der Waals surface area contributed by atoms with Crippen molar-refractivity contribution in [1.82, 2.24) is 14.8 Å². The molecule has 2 heterocycles. The first-order valence-corrected chi connectivity index (χ1v) is 10.7. The Hall–Kier alpha value is -2.71. The minimum Gasteiger partial charge on any atom is -0.267 e. The van der Waals surface area contributed by atoms with Crippen molar-refractivity contribution in [3.63, 3.8) is 0 Å². The molecule has 6 nitrogen and oxygen atoms in total. The molecule has 2 aromatic carbocycles. The van der Waals surface area contributed by atoms with Crippen LogP contribution in [0.15, 0.2) is 59.6 Å². The Morgan fingerprint density at radius 1 is 1.07 bits per heavy atom. The number of para-hydroxylation sites is 1. The summed E-state index contributed by atoms with van der Waals surface area (Å²) < 4.78 is 30.9. The maximum atomic E-state index is 12.9. The average molecular weight is 399 g/mol. The molecule has 0 fully saturated rings. The Morgan fingerprint density at radius 3 is 2.59 bits per heavy atom. The topological polar surface area (TPSA) is 76.9 Å². The molecule has 0 aliphatic carbocycles. The highest BCUT2D eigenvalue weighted by atomic mass is 32.2. The number of thiazole rings is 1. The third-order valence-corrected chi connectivity index (χ3v) is 6.73. The number of rotatable bonds is 5. The molecule has 4 rings (SSSR count). The Kier molecular flexibility index (Phi) is 4.45. The van der Waals surface area contributed by atoms with Gasteiger partial charge in [0, 0.05) is 6.20 Å². The lowest BCUT2D eigenvalue weighted by atomic mass is 10.2. The third-order valence-electron chi connectivity index (χ3n) is 4.22. The molecule has 0 atom stereocenters. The van der Waals surface area contributed by atoms with Crippen molar-refractivity contribution in [2.24, 2.45) is 0 Å². The fraction of sp³-hybridized carbons (Fsp3) is 0.158. The van der Waals surface area contributed by atoms with Crippen LogP contribution in [0.4, 0.5) is 5.13 Å². The van der Waals surface area contributed by atoms with Crippen molar-refractivity contribution in [2.45, 2.75) is 25.3 Å². The number of aromatic nitrogens is 3. The number of nitrogens with one attached hydrogen (secondary N) is 1. The van der Waals surface area contributed by atoms with Crippen LogP contribution in [0.5, 0.6) is 0 Å². The second-order valence-electron chi connectivity index (χ2n) is 6.31. The SMILES string of the molecule is Cc1nn(Cc2ccccc2)cc1S(=O)(=O)Nc1nc2c(C)cccc2s1. The van der Waals surface area contributed by atoms with E-state index in [0.29, 0.717) is 17.4 Å². The van der Waals surface area contributed by atoms with Gasteiger partial charge in [-0.2, -0.15) is 5.10 Å². The zero-order valence-corrected chi connectivity index (χ0v) is 16.5. The van der Waals surface area contributed by atoms with Gasteiger partial charge in [0.25, 0.3) is 10.0 Å². The van der Waals surface area contributed by atoms with Crippen LogP contribution in [0.25, 0.3) is 10.2 Å². The Balaban J connectivity index is 1.62. The number of nitrogens with zero attached hydrogens (tertiary/aromatic N) is 3. The van der Waals surface area contributed by atoms with Gasteiger partial charge in [-0.25, -0.2) is 13.4 Å². The molecule has 138 valence electrons.